The second kappa shape index (κ2) is 6.75. The minimum atomic E-state index is -0.399. The fourth-order valence-electron chi connectivity index (χ4n) is 2.03. The Hall–Kier alpha value is -2.55. The monoisotopic (exact) mass is 282 g/mol. The molecule has 0 aliphatic carbocycles. The number of hydrogen-bond donors (Lipinski definition) is 1. The Balaban J connectivity index is 2.51. The van der Waals surface area contributed by atoms with E-state index in [4.69, 9.17) is 4.74 Å². The maximum atomic E-state index is 12.2. The van der Waals surface area contributed by atoms with E-state index in [0.717, 1.165) is 11.1 Å². The van der Waals surface area contributed by atoms with Crippen LogP contribution in [0.15, 0.2) is 48.5 Å². The number of rotatable bonds is 4. The molecule has 3 nitrogen and oxygen atoms in total. The van der Waals surface area contributed by atoms with Gasteiger partial charge in [0.15, 0.2) is 0 Å². The molecule has 108 valence electrons. The molecule has 2 aromatic rings. The third-order valence-electron chi connectivity index (χ3n) is 3.06. The maximum absolute atomic E-state index is 12.2. The van der Waals surface area contributed by atoms with Crippen LogP contribution in [0.25, 0.3) is 11.6 Å². The normalized spacial score (nSPS) is 11.2. The lowest BCUT2D eigenvalue weighted by Crippen LogP contribution is -2.06. The zero-order chi connectivity index (χ0) is 15.2. The molecule has 21 heavy (non-hydrogen) atoms. The molecular weight excluding hydrogens is 264 g/mol. The highest BCUT2D eigenvalue weighted by molar-refractivity contribution is 6.21. The summed E-state index contributed by atoms with van der Waals surface area (Å²) in [7, 11) is 0. The van der Waals surface area contributed by atoms with Gasteiger partial charge in [0.25, 0.3) is 0 Å². The number of carbonyl (C=O) groups is 1. The first kappa shape index (κ1) is 14.9. The Morgan fingerprint density at radius 1 is 1.19 bits per heavy atom. The second-order valence-corrected chi connectivity index (χ2v) is 4.71. The van der Waals surface area contributed by atoms with Crippen molar-refractivity contribution in [1.82, 2.24) is 0 Å². The molecule has 3 heteroatoms. The van der Waals surface area contributed by atoms with Crippen molar-refractivity contribution in [2.45, 2.75) is 13.8 Å². The zero-order valence-corrected chi connectivity index (χ0v) is 12.2. The predicted molar refractivity (Wildman–Crippen MR) is 83.8 cm³/mol. The summed E-state index contributed by atoms with van der Waals surface area (Å²) >= 11 is 0. The Kier molecular flexibility index (Phi) is 4.77. The van der Waals surface area contributed by atoms with Crippen LogP contribution in [-0.2, 0) is 9.53 Å². The molecule has 0 amide bonds. The van der Waals surface area contributed by atoms with Crippen LogP contribution in [0.4, 0.5) is 0 Å². The van der Waals surface area contributed by atoms with E-state index < -0.39 is 5.97 Å². The molecule has 0 atom stereocenters. The lowest BCUT2D eigenvalue weighted by atomic mass is 10.0. The molecule has 0 bridgehead atoms. The molecule has 0 unspecified atom stereocenters. The van der Waals surface area contributed by atoms with Crippen LogP contribution >= 0.6 is 0 Å². The van der Waals surface area contributed by atoms with E-state index in [-0.39, 0.29) is 5.75 Å². The van der Waals surface area contributed by atoms with Crippen molar-refractivity contribution < 1.29 is 14.6 Å². The molecule has 2 aromatic carbocycles. The summed E-state index contributed by atoms with van der Waals surface area (Å²) in [6.45, 7) is 4.01. The quantitative estimate of drug-likeness (QED) is 0.527. The van der Waals surface area contributed by atoms with E-state index in [1.807, 2.05) is 49.4 Å². The zero-order valence-electron chi connectivity index (χ0n) is 12.2. The van der Waals surface area contributed by atoms with Crippen LogP contribution in [0, 0.1) is 6.92 Å². The standard InChI is InChI=1S/C18H18O3/c1-3-21-18(20)16(14-7-5-4-6-8-14)12-15-11-13(2)9-10-17(15)19/h4-12,19H,3H2,1-2H3. The molecule has 0 heterocycles. The van der Waals surface area contributed by atoms with Gasteiger partial charge in [-0.05, 0) is 37.6 Å². The van der Waals surface area contributed by atoms with Crippen molar-refractivity contribution in [2.75, 3.05) is 6.61 Å². The minimum absolute atomic E-state index is 0.137. The summed E-state index contributed by atoms with van der Waals surface area (Å²) in [6, 6.07) is 14.6. The van der Waals surface area contributed by atoms with Gasteiger partial charge in [-0.15, -0.1) is 0 Å². The van der Waals surface area contributed by atoms with Gasteiger partial charge in [-0.2, -0.15) is 0 Å². The van der Waals surface area contributed by atoms with Gasteiger partial charge >= 0.3 is 5.97 Å². The van der Waals surface area contributed by atoms with E-state index in [2.05, 4.69) is 0 Å². The van der Waals surface area contributed by atoms with Gasteiger partial charge in [0.2, 0.25) is 0 Å². The van der Waals surface area contributed by atoms with E-state index in [1.54, 1.807) is 19.1 Å². The highest BCUT2D eigenvalue weighted by Crippen LogP contribution is 2.25. The Labute approximate surface area is 124 Å². The highest BCUT2D eigenvalue weighted by Gasteiger charge is 2.14. The largest absolute Gasteiger partial charge is 0.507 e. The fraction of sp³-hybridized carbons (Fsp3) is 0.167. The van der Waals surface area contributed by atoms with Crippen molar-refractivity contribution in [3.63, 3.8) is 0 Å². The van der Waals surface area contributed by atoms with Gasteiger partial charge in [-0.3, -0.25) is 0 Å². The number of phenolic OH excluding ortho intramolecular Hbond substituents is 1. The molecule has 2 rings (SSSR count). The Morgan fingerprint density at radius 3 is 2.57 bits per heavy atom. The lowest BCUT2D eigenvalue weighted by molar-refractivity contribution is -0.136. The summed E-state index contributed by atoms with van der Waals surface area (Å²) < 4.78 is 5.11. The number of esters is 1. The summed E-state index contributed by atoms with van der Waals surface area (Å²) in [5.74, 6) is -0.261. The van der Waals surface area contributed by atoms with Crippen LogP contribution in [0.1, 0.15) is 23.6 Å². The molecule has 0 radical (unpaired) electrons. The smallest absolute Gasteiger partial charge is 0.338 e. The Bertz CT molecular complexity index is 657. The molecule has 0 saturated carbocycles. The number of carbonyl (C=O) groups excluding carboxylic acids is 1. The van der Waals surface area contributed by atoms with Crippen molar-refractivity contribution in [1.29, 1.82) is 0 Å². The van der Waals surface area contributed by atoms with Crippen LogP contribution in [-0.4, -0.2) is 17.7 Å². The first-order chi connectivity index (χ1) is 10.1. The SMILES string of the molecule is CCOC(=O)C(=Cc1cc(C)ccc1O)c1ccccc1. The van der Waals surface area contributed by atoms with Gasteiger partial charge in [0.05, 0.1) is 12.2 Å². The van der Waals surface area contributed by atoms with E-state index >= 15 is 0 Å². The lowest BCUT2D eigenvalue weighted by Gasteiger charge is -2.08. The van der Waals surface area contributed by atoms with Gasteiger partial charge < -0.3 is 9.84 Å². The van der Waals surface area contributed by atoms with Crippen LogP contribution in [0.2, 0.25) is 0 Å². The minimum Gasteiger partial charge on any atom is -0.507 e. The number of hydrogen-bond acceptors (Lipinski definition) is 3. The molecule has 0 fully saturated rings. The topological polar surface area (TPSA) is 46.5 Å². The van der Waals surface area contributed by atoms with E-state index in [9.17, 15) is 9.90 Å². The first-order valence-corrected chi connectivity index (χ1v) is 6.85. The number of phenols is 1. The molecule has 0 aromatic heterocycles. The molecule has 0 aliphatic heterocycles. The van der Waals surface area contributed by atoms with Crippen molar-refractivity contribution in [3.05, 3.63) is 65.2 Å². The van der Waals surface area contributed by atoms with Crippen molar-refractivity contribution in [2.24, 2.45) is 0 Å². The third-order valence-corrected chi connectivity index (χ3v) is 3.06. The first-order valence-electron chi connectivity index (χ1n) is 6.85. The second-order valence-electron chi connectivity index (χ2n) is 4.71. The number of ether oxygens (including phenoxy) is 1. The number of aromatic hydroxyl groups is 1. The van der Waals surface area contributed by atoms with Crippen LogP contribution in [0.5, 0.6) is 5.75 Å². The predicted octanol–water partition coefficient (Wildman–Crippen LogP) is 3.80. The van der Waals surface area contributed by atoms with Gasteiger partial charge in [0, 0.05) is 5.56 Å². The fourth-order valence-corrected chi connectivity index (χ4v) is 2.03. The van der Waals surface area contributed by atoms with E-state index in [0.29, 0.717) is 17.7 Å². The summed E-state index contributed by atoms with van der Waals surface area (Å²) in [4.78, 5) is 12.2. The maximum Gasteiger partial charge on any atom is 0.338 e. The van der Waals surface area contributed by atoms with Crippen molar-refractivity contribution in [3.8, 4) is 5.75 Å². The van der Waals surface area contributed by atoms with Gasteiger partial charge in [-0.25, -0.2) is 4.79 Å². The molecular formula is C18H18O3. The average molecular weight is 282 g/mol. The summed E-state index contributed by atoms with van der Waals surface area (Å²) in [5, 5.41) is 9.95. The van der Waals surface area contributed by atoms with Crippen molar-refractivity contribution >= 4 is 17.6 Å². The molecule has 0 saturated heterocycles. The average Bonchev–Trinajstić information content (AvgIpc) is 2.49. The third kappa shape index (κ3) is 3.72. The highest BCUT2D eigenvalue weighted by atomic mass is 16.5. The Morgan fingerprint density at radius 2 is 1.90 bits per heavy atom. The number of benzene rings is 2. The van der Waals surface area contributed by atoms with Crippen LogP contribution < -0.4 is 0 Å². The summed E-state index contributed by atoms with van der Waals surface area (Å²) in [6.07, 6.45) is 1.66. The van der Waals surface area contributed by atoms with Crippen LogP contribution in [0.3, 0.4) is 0 Å². The summed E-state index contributed by atoms with van der Waals surface area (Å²) in [5.41, 5.74) is 2.80. The van der Waals surface area contributed by atoms with Gasteiger partial charge in [0.1, 0.15) is 5.75 Å². The number of aryl methyl sites for hydroxylation is 1. The van der Waals surface area contributed by atoms with E-state index in [1.165, 1.54) is 0 Å². The van der Waals surface area contributed by atoms with Gasteiger partial charge in [-0.1, -0.05) is 42.0 Å². The molecule has 1 N–H and O–H groups in total. The molecule has 0 spiro atoms. The molecule has 0 aliphatic rings.